The Kier molecular flexibility index (Phi) is 14.0. The van der Waals surface area contributed by atoms with Crippen LogP contribution >= 0.6 is 0 Å². The first-order valence-electron chi connectivity index (χ1n) is 13.6. The number of benzene rings is 1. The summed E-state index contributed by atoms with van der Waals surface area (Å²) in [5, 5.41) is 0. The highest BCUT2D eigenvalue weighted by Crippen LogP contribution is 2.30. The van der Waals surface area contributed by atoms with Crippen molar-refractivity contribution >= 4 is 23.9 Å². The zero-order valence-corrected chi connectivity index (χ0v) is 24.0. The summed E-state index contributed by atoms with van der Waals surface area (Å²) in [6.45, 7) is 12.7. The third-order valence-corrected chi connectivity index (χ3v) is 6.38. The van der Waals surface area contributed by atoms with E-state index in [2.05, 4.69) is 0 Å². The van der Waals surface area contributed by atoms with Crippen LogP contribution in [-0.2, 0) is 35.1 Å². The van der Waals surface area contributed by atoms with Gasteiger partial charge in [0, 0.05) is 12.8 Å². The maximum absolute atomic E-state index is 12.7. The van der Waals surface area contributed by atoms with E-state index in [4.69, 9.17) is 24.7 Å². The van der Waals surface area contributed by atoms with Crippen LogP contribution in [0.25, 0.3) is 0 Å². The van der Waals surface area contributed by atoms with E-state index < -0.39 is 41.6 Å². The maximum Gasteiger partial charge on any atom is 0.323 e. The van der Waals surface area contributed by atoms with Gasteiger partial charge in [-0.2, -0.15) is 0 Å². The van der Waals surface area contributed by atoms with E-state index in [1.807, 2.05) is 20.8 Å². The smallest absolute Gasteiger partial charge is 0.323 e. The van der Waals surface area contributed by atoms with Crippen LogP contribution < -0.4 is 15.2 Å². The van der Waals surface area contributed by atoms with Gasteiger partial charge in [-0.25, -0.2) is 0 Å². The van der Waals surface area contributed by atoms with Crippen LogP contribution in [0.5, 0.6) is 11.5 Å². The minimum atomic E-state index is -1.02. The molecule has 0 heterocycles. The number of nitrogens with two attached hydrogens (primary N) is 1. The maximum atomic E-state index is 12.7. The van der Waals surface area contributed by atoms with Crippen LogP contribution in [0.1, 0.15) is 99.0 Å². The molecule has 0 aliphatic carbocycles. The fourth-order valence-electron chi connectivity index (χ4n) is 3.11. The monoisotopic (exact) mass is 535 g/mol. The number of hydrogen-bond donors (Lipinski definition) is 1. The Morgan fingerprint density at radius 3 is 1.89 bits per heavy atom. The van der Waals surface area contributed by atoms with E-state index in [9.17, 15) is 19.2 Å². The Morgan fingerprint density at radius 2 is 1.37 bits per heavy atom. The van der Waals surface area contributed by atoms with E-state index in [0.29, 0.717) is 24.8 Å². The average molecular weight is 536 g/mol. The first-order chi connectivity index (χ1) is 17.8. The van der Waals surface area contributed by atoms with Crippen molar-refractivity contribution < 1.29 is 38.1 Å². The Labute approximate surface area is 226 Å². The molecule has 0 aliphatic heterocycles. The molecule has 0 bridgehead atoms. The lowest BCUT2D eigenvalue weighted by Crippen LogP contribution is -2.40. The topological polar surface area (TPSA) is 131 Å². The van der Waals surface area contributed by atoms with E-state index in [1.54, 1.807) is 39.8 Å². The first-order valence-corrected chi connectivity index (χ1v) is 13.6. The molecule has 0 radical (unpaired) electrons. The number of rotatable bonds is 16. The summed E-state index contributed by atoms with van der Waals surface area (Å²) in [6, 6.07) is 3.70. The molecule has 0 aromatic heterocycles. The molecule has 38 heavy (non-hydrogen) atoms. The van der Waals surface area contributed by atoms with E-state index in [1.165, 1.54) is 6.07 Å². The summed E-state index contributed by atoms with van der Waals surface area (Å²) in [7, 11) is 0. The molecule has 214 valence electrons. The second kappa shape index (κ2) is 16.1. The predicted molar refractivity (Wildman–Crippen MR) is 144 cm³/mol. The normalized spacial score (nSPS) is 13.7. The number of carbonyl (C=O) groups excluding carboxylic acids is 4. The van der Waals surface area contributed by atoms with E-state index >= 15 is 0 Å². The summed E-state index contributed by atoms with van der Waals surface area (Å²) >= 11 is 0. The average Bonchev–Trinajstić information content (AvgIpc) is 2.87. The molecule has 3 atom stereocenters. The van der Waals surface area contributed by atoms with Gasteiger partial charge in [-0.3, -0.25) is 19.2 Å². The van der Waals surface area contributed by atoms with Gasteiger partial charge in [-0.15, -0.1) is 0 Å². The second-order valence-corrected chi connectivity index (χ2v) is 10.2. The quantitative estimate of drug-likeness (QED) is 0.228. The second-order valence-electron chi connectivity index (χ2n) is 10.2. The molecule has 1 aromatic rings. The lowest BCUT2D eigenvalue weighted by Gasteiger charge is -2.27. The summed E-state index contributed by atoms with van der Waals surface area (Å²) < 4.78 is 21.8. The van der Waals surface area contributed by atoms with Gasteiger partial charge in [0.25, 0.3) is 0 Å². The van der Waals surface area contributed by atoms with Gasteiger partial charge in [-0.05, 0) is 71.1 Å². The summed E-state index contributed by atoms with van der Waals surface area (Å²) in [5.74, 6) is -1.65. The Hall–Kier alpha value is -2.94. The molecular formula is C29H45NO8. The fraction of sp³-hybridized carbons (Fsp3) is 0.655. The minimum Gasteiger partial charge on any atom is -0.458 e. The molecule has 1 aromatic carbocycles. The lowest BCUT2D eigenvalue weighted by atomic mass is 9.90. The van der Waals surface area contributed by atoms with Gasteiger partial charge < -0.3 is 24.7 Å². The molecule has 2 N–H and O–H groups in total. The van der Waals surface area contributed by atoms with Crippen molar-refractivity contribution in [1.29, 1.82) is 0 Å². The van der Waals surface area contributed by atoms with Gasteiger partial charge >= 0.3 is 23.9 Å². The van der Waals surface area contributed by atoms with Gasteiger partial charge in [0.05, 0.1) is 5.41 Å². The third kappa shape index (κ3) is 11.2. The molecule has 9 nitrogen and oxygen atoms in total. The Bertz CT molecular complexity index is 943. The third-order valence-electron chi connectivity index (χ3n) is 6.38. The highest BCUT2D eigenvalue weighted by molar-refractivity contribution is 5.78. The number of carbonyl (C=O) groups is 4. The van der Waals surface area contributed by atoms with Crippen molar-refractivity contribution in [3.8, 4) is 11.5 Å². The number of ether oxygens (including phenoxy) is 4. The van der Waals surface area contributed by atoms with Gasteiger partial charge in [-0.1, -0.05) is 39.7 Å². The number of unbranched alkanes of at least 4 members (excludes halogenated alkanes) is 2. The van der Waals surface area contributed by atoms with Crippen molar-refractivity contribution in [1.82, 2.24) is 0 Å². The summed E-state index contributed by atoms with van der Waals surface area (Å²) in [6.07, 6.45) is 2.86. The highest BCUT2D eigenvalue weighted by atomic mass is 16.6. The van der Waals surface area contributed by atoms with Crippen LogP contribution in [0.4, 0.5) is 0 Å². The molecular weight excluding hydrogens is 490 g/mol. The standard InChI is InChI=1S/C29H45NO8/c1-8-11-13-25(31)37-23-16-15-21(18-24(23)38-26(32)14-12-9-2)17-22(30)27(33)35-19(4)20(5)36-28(34)29(6,7)10-3/h15-16,18-20,22H,8-14,17,30H2,1-7H3/t19-,20-,22-/m0/s1. The molecule has 0 fully saturated rings. The van der Waals surface area contributed by atoms with Gasteiger partial charge in [0.2, 0.25) is 0 Å². The van der Waals surface area contributed by atoms with Crippen molar-refractivity contribution in [3.63, 3.8) is 0 Å². The van der Waals surface area contributed by atoms with Crippen LogP contribution in [0.2, 0.25) is 0 Å². The van der Waals surface area contributed by atoms with Crippen molar-refractivity contribution in [2.24, 2.45) is 11.1 Å². The highest BCUT2D eigenvalue weighted by Gasteiger charge is 2.31. The Balaban J connectivity index is 2.90. The van der Waals surface area contributed by atoms with Crippen LogP contribution in [0.3, 0.4) is 0 Å². The molecule has 0 unspecified atom stereocenters. The van der Waals surface area contributed by atoms with Crippen molar-refractivity contribution in [2.75, 3.05) is 0 Å². The largest absolute Gasteiger partial charge is 0.458 e. The number of hydrogen-bond acceptors (Lipinski definition) is 9. The van der Waals surface area contributed by atoms with E-state index in [-0.39, 0.29) is 36.7 Å². The van der Waals surface area contributed by atoms with Crippen LogP contribution in [-0.4, -0.2) is 42.1 Å². The molecule has 0 saturated carbocycles. The SMILES string of the molecule is CCCCC(=O)Oc1ccc(C[C@H](N)C(=O)O[C@@H](C)[C@H](C)OC(=O)C(C)(C)CC)cc1OC(=O)CCCC. The van der Waals surface area contributed by atoms with Crippen molar-refractivity contribution in [2.45, 2.75) is 118 Å². The molecule has 1 rings (SSSR count). The molecule has 0 amide bonds. The van der Waals surface area contributed by atoms with Crippen molar-refractivity contribution in [3.05, 3.63) is 23.8 Å². The number of esters is 4. The molecule has 0 aliphatic rings. The molecule has 0 saturated heterocycles. The van der Waals surface area contributed by atoms with Gasteiger partial charge in [0.15, 0.2) is 11.5 Å². The zero-order chi connectivity index (χ0) is 28.9. The van der Waals surface area contributed by atoms with E-state index in [0.717, 1.165) is 12.8 Å². The van der Waals surface area contributed by atoms with Gasteiger partial charge in [0.1, 0.15) is 18.2 Å². The minimum absolute atomic E-state index is 0.0894. The predicted octanol–water partition coefficient (Wildman–Crippen LogP) is 5.05. The summed E-state index contributed by atoms with van der Waals surface area (Å²) in [5.41, 5.74) is 6.06. The molecule has 9 heteroatoms. The first kappa shape index (κ1) is 33.1. The lowest BCUT2D eigenvalue weighted by molar-refractivity contribution is -0.172. The fourth-order valence-corrected chi connectivity index (χ4v) is 3.11. The van der Waals surface area contributed by atoms with Crippen LogP contribution in [0, 0.1) is 5.41 Å². The molecule has 0 spiro atoms. The van der Waals surface area contributed by atoms with Crippen LogP contribution in [0.15, 0.2) is 18.2 Å². The summed E-state index contributed by atoms with van der Waals surface area (Å²) in [4.78, 5) is 49.4. The Morgan fingerprint density at radius 1 is 0.842 bits per heavy atom. The zero-order valence-electron chi connectivity index (χ0n) is 24.0.